The molecule has 0 radical (unpaired) electrons. The molecule has 4 rings (SSSR count). The van der Waals surface area contributed by atoms with Gasteiger partial charge in [0.05, 0.1) is 18.8 Å². The largest absolute Gasteiger partial charge is 0.348 e. The average Bonchev–Trinajstić information content (AvgIpc) is 3.24. The van der Waals surface area contributed by atoms with Crippen molar-refractivity contribution in [3.63, 3.8) is 0 Å². The van der Waals surface area contributed by atoms with Gasteiger partial charge in [0, 0.05) is 24.8 Å². The second-order valence-corrected chi connectivity index (χ2v) is 7.29. The van der Waals surface area contributed by atoms with E-state index >= 15 is 0 Å². The van der Waals surface area contributed by atoms with Crippen molar-refractivity contribution in [2.24, 2.45) is 7.05 Å². The van der Waals surface area contributed by atoms with Crippen molar-refractivity contribution < 1.29 is 4.79 Å². The molecule has 0 unspecified atom stereocenters. The summed E-state index contributed by atoms with van der Waals surface area (Å²) in [5.74, 6) is 0.137. The van der Waals surface area contributed by atoms with Crippen molar-refractivity contribution in [2.75, 3.05) is 13.1 Å². The third kappa shape index (κ3) is 3.47. The van der Waals surface area contributed by atoms with Crippen LogP contribution in [0.25, 0.3) is 0 Å². The van der Waals surface area contributed by atoms with Crippen molar-refractivity contribution in [1.82, 2.24) is 20.0 Å². The molecule has 5 heteroatoms. The molecule has 2 heterocycles. The van der Waals surface area contributed by atoms with E-state index in [2.05, 4.69) is 45.8 Å². The zero-order valence-electron chi connectivity index (χ0n) is 14.8. The molecule has 1 N–H and O–H groups in total. The SMILES string of the molecule is Cn1cc([C@@H]2CCCN2CC(=O)N[C@H]2CCCc3ccccc32)cn1. The second kappa shape index (κ2) is 7.00. The van der Waals surface area contributed by atoms with E-state index in [1.165, 1.54) is 16.7 Å². The first-order valence-electron chi connectivity index (χ1n) is 9.30. The molecule has 0 spiro atoms. The Morgan fingerprint density at radius 1 is 1.28 bits per heavy atom. The third-order valence-electron chi connectivity index (χ3n) is 5.52. The molecule has 2 aromatic rings. The normalized spacial score (nSPS) is 23.4. The molecule has 1 fully saturated rings. The van der Waals surface area contributed by atoms with E-state index in [-0.39, 0.29) is 11.9 Å². The highest BCUT2D eigenvalue weighted by atomic mass is 16.2. The third-order valence-corrected chi connectivity index (χ3v) is 5.52. The van der Waals surface area contributed by atoms with Crippen molar-refractivity contribution in [3.8, 4) is 0 Å². The van der Waals surface area contributed by atoms with Crippen LogP contribution in [0.3, 0.4) is 0 Å². The molecule has 25 heavy (non-hydrogen) atoms. The molecular weight excluding hydrogens is 312 g/mol. The lowest BCUT2D eigenvalue weighted by Crippen LogP contribution is -2.39. The summed E-state index contributed by atoms with van der Waals surface area (Å²) in [6, 6.07) is 8.99. The van der Waals surface area contributed by atoms with Crippen molar-refractivity contribution >= 4 is 5.91 Å². The number of rotatable bonds is 4. The Morgan fingerprint density at radius 3 is 3.00 bits per heavy atom. The first kappa shape index (κ1) is 16.3. The summed E-state index contributed by atoms with van der Waals surface area (Å²) in [5.41, 5.74) is 3.90. The van der Waals surface area contributed by atoms with Crippen LogP contribution in [0.5, 0.6) is 0 Å². The number of hydrogen-bond donors (Lipinski definition) is 1. The lowest BCUT2D eigenvalue weighted by molar-refractivity contribution is -0.123. The smallest absolute Gasteiger partial charge is 0.234 e. The van der Waals surface area contributed by atoms with Gasteiger partial charge in [-0.3, -0.25) is 14.4 Å². The van der Waals surface area contributed by atoms with Crippen LogP contribution in [0, 0.1) is 0 Å². The minimum atomic E-state index is 0.137. The van der Waals surface area contributed by atoms with Gasteiger partial charge in [0.25, 0.3) is 0 Å². The number of carbonyl (C=O) groups is 1. The molecule has 5 nitrogen and oxygen atoms in total. The van der Waals surface area contributed by atoms with Crippen LogP contribution in [-0.2, 0) is 18.3 Å². The predicted octanol–water partition coefficient (Wildman–Crippen LogP) is 2.75. The summed E-state index contributed by atoms with van der Waals surface area (Å²) in [5, 5.41) is 7.56. The molecule has 0 saturated carbocycles. The summed E-state index contributed by atoms with van der Waals surface area (Å²) >= 11 is 0. The summed E-state index contributed by atoms with van der Waals surface area (Å²) in [7, 11) is 1.94. The molecule has 2 aliphatic rings. The monoisotopic (exact) mass is 338 g/mol. The van der Waals surface area contributed by atoms with Gasteiger partial charge in [-0.2, -0.15) is 5.10 Å². The molecular formula is C20H26N4O. The molecule has 1 amide bonds. The quantitative estimate of drug-likeness (QED) is 0.932. The zero-order valence-corrected chi connectivity index (χ0v) is 14.8. The predicted molar refractivity (Wildman–Crippen MR) is 97.0 cm³/mol. The number of nitrogens with zero attached hydrogens (tertiary/aromatic N) is 3. The minimum Gasteiger partial charge on any atom is -0.348 e. The number of likely N-dealkylation sites (tertiary alicyclic amines) is 1. The number of hydrogen-bond acceptors (Lipinski definition) is 3. The molecule has 1 saturated heterocycles. The first-order chi connectivity index (χ1) is 12.2. The minimum absolute atomic E-state index is 0.137. The van der Waals surface area contributed by atoms with Gasteiger partial charge in [0.15, 0.2) is 0 Å². The van der Waals surface area contributed by atoms with Crippen LogP contribution < -0.4 is 5.32 Å². The second-order valence-electron chi connectivity index (χ2n) is 7.29. The number of nitrogens with one attached hydrogen (secondary N) is 1. The van der Waals surface area contributed by atoms with Crippen molar-refractivity contribution in [1.29, 1.82) is 0 Å². The highest BCUT2D eigenvalue weighted by Gasteiger charge is 2.29. The Balaban J connectivity index is 1.41. The zero-order chi connectivity index (χ0) is 17.2. The van der Waals surface area contributed by atoms with Crippen LogP contribution in [0.15, 0.2) is 36.7 Å². The molecule has 1 aliphatic heterocycles. The average molecular weight is 338 g/mol. The van der Waals surface area contributed by atoms with E-state index in [1.807, 2.05) is 17.9 Å². The number of carbonyl (C=O) groups excluding carboxylic acids is 1. The van der Waals surface area contributed by atoms with E-state index in [1.54, 1.807) is 0 Å². The Labute approximate surface area is 149 Å². The molecule has 2 atom stereocenters. The van der Waals surface area contributed by atoms with Crippen LogP contribution >= 0.6 is 0 Å². The summed E-state index contributed by atoms with van der Waals surface area (Å²) in [6.45, 7) is 1.45. The van der Waals surface area contributed by atoms with Gasteiger partial charge < -0.3 is 5.32 Å². The van der Waals surface area contributed by atoms with Gasteiger partial charge >= 0.3 is 0 Å². The fourth-order valence-electron chi connectivity index (χ4n) is 4.33. The number of aryl methyl sites for hydroxylation is 2. The van der Waals surface area contributed by atoms with Crippen LogP contribution in [0.2, 0.25) is 0 Å². The number of aromatic nitrogens is 2. The van der Waals surface area contributed by atoms with Gasteiger partial charge in [0.1, 0.15) is 0 Å². The van der Waals surface area contributed by atoms with E-state index in [4.69, 9.17) is 0 Å². The molecule has 1 aromatic carbocycles. The molecule has 132 valence electrons. The maximum Gasteiger partial charge on any atom is 0.234 e. The van der Waals surface area contributed by atoms with Gasteiger partial charge in [0.2, 0.25) is 5.91 Å². The van der Waals surface area contributed by atoms with E-state index < -0.39 is 0 Å². The number of fused-ring (bicyclic) bond motifs is 1. The number of amides is 1. The van der Waals surface area contributed by atoms with Crippen LogP contribution in [0.1, 0.15) is 54.5 Å². The van der Waals surface area contributed by atoms with Crippen LogP contribution in [-0.4, -0.2) is 33.7 Å². The molecule has 0 bridgehead atoms. The van der Waals surface area contributed by atoms with Crippen LogP contribution in [0.4, 0.5) is 0 Å². The first-order valence-corrected chi connectivity index (χ1v) is 9.30. The van der Waals surface area contributed by atoms with Gasteiger partial charge in [-0.05, 0) is 49.8 Å². The number of benzene rings is 1. The van der Waals surface area contributed by atoms with E-state index in [0.29, 0.717) is 12.6 Å². The molecule has 1 aromatic heterocycles. The maximum absolute atomic E-state index is 12.7. The van der Waals surface area contributed by atoms with E-state index in [9.17, 15) is 4.79 Å². The van der Waals surface area contributed by atoms with Crippen molar-refractivity contribution in [3.05, 3.63) is 53.3 Å². The van der Waals surface area contributed by atoms with Gasteiger partial charge in [-0.1, -0.05) is 24.3 Å². The Kier molecular flexibility index (Phi) is 4.57. The summed E-state index contributed by atoms with van der Waals surface area (Å²) < 4.78 is 1.84. The maximum atomic E-state index is 12.7. The highest BCUT2D eigenvalue weighted by Crippen LogP contribution is 2.32. The van der Waals surface area contributed by atoms with Crippen molar-refractivity contribution in [2.45, 2.75) is 44.2 Å². The van der Waals surface area contributed by atoms with E-state index in [0.717, 1.165) is 38.6 Å². The Hall–Kier alpha value is -2.14. The lowest BCUT2D eigenvalue weighted by atomic mass is 9.88. The summed E-state index contributed by atoms with van der Waals surface area (Å²) in [4.78, 5) is 15.0. The van der Waals surface area contributed by atoms with Gasteiger partial charge in [-0.15, -0.1) is 0 Å². The van der Waals surface area contributed by atoms with Gasteiger partial charge in [-0.25, -0.2) is 0 Å². The highest BCUT2D eigenvalue weighted by molar-refractivity contribution is 5.78. The standard InChI is InChI=1S/C20H26N4O/c1-23-13-16(12-21-23)19-10-5-11-24(19)14-20(25)22-18-9-4-7-15-6-2-3-8-17(15)18/h2-3,6,8,12-13,18-19H,4-5,7,9-11,14H2,1H3,(H,22,25)/t18-,19-/m0/s1. The lowest BCUT2D eigenvalue weighted by Gasteiger charge is -2.28. The Morgan fingerprint density at radius 2 is 2.16 bits per heavy atom. The fourth-order valence-corrected chi connectivity index (χ4v) is 4.33. The topological polar surface area (TPSA) is 50.2 Å². The fraction of sp³-hybridized carbons (Fsp3) is 0.500. The molecule has 1 aliphatic carbocycles. The summed E-state index contributed by atoms with van der Waals surface area (Å²) in [6.07, 6.45) is 9.54. The Bertz CT molecular complexity index is 754.